The van der Waals surface area contributed by atoms with Crippen molar-refractivity contribution in [3.05, 3.63) is 258 Å². The Bertz CT molecular complexity index is 3420. The van der Waals surface area contributed by atoms with E-state index in [1.54, 1.807) is 0 Å². The zero-order valence-corrected chi connectivity index (χ0v) is 34.3. The number of furan rings is 1. The van der Waals surface area contributed by atoms with Gasteiger partial charge >= 0.3 is 0 Å². The quantitative estimate of drug-likeness (QED) is 0.160. The predicted molar refractivity (Wildman–Crippen MR) is 259 cm³/mol. The maximum Gasteiger partial charge on any atom is 0.135 e. The van der Waals surface area contributed by atoms with E-state index in [4.69, 9.17) is 4.42 Å². The van der Waals surface area contributed by atoms with Crippen molar-refractivity contribution in [3.8, 4) is 33.4 Å². The van der Waals surface area contributed by atoms with E-state index >= 15 is 0 Å². The van der Waals surface area contributed by atoms with Crippen LogP contribution in [0.25, 0.3) is 66.1 Å². The molecular formula is C60H41NO. The second kappa shape index (κ2) is 14.4. The first-order valence-electron chi connectivity index (χ1n) is 21.4. The number of para-hydroxylation sites is 1. The van der Waals surface area contributed by atoms with Crippen molar-refractivity contribution in [2.24, 2.45) is 0 Å². The topological polar surface area (TPSA) is 16.4 Å². The van der Waals surface area contributed by atoms with E-state index in [0.717, 1.165) is 39.0 Å². The first-order chi connectivity index (χ1) is 30.6. The summed E-state index contributed by atoms with van der Waals surface area (Å²) in [5.41, 5.74) is 18.2. The molecule has 1 heterocycles. The van der Waals surface area contributed by atoms with Crippen molar-refractivity contribution in [1.82, 2.24) is 0 Å². The Morgan fingerprint density at radius 2 is 0.919 bits per heavy atom. The molecule has 0 atom stereocenters. The Kier molecular flexibility index (Phi) is 8.33. The molecule has 1 aliphatic rings. The molecule has 12 rings (SSSR count). The maximum absolute atomic E-state index is 6.36. The molecule has 2 nitrogen and oxygen atoms in total. The summed E-state index contributed by atoms with van der Waals surface area (Å²) in [6, 6.07) is 84.2. The third kappa shape index (κ3) is 5.57. The first-order valence-corrected chi connectivity index (χ1v) is 21.4. The minimum atomic E-state index is -0.528. The summed E-state index contributed by atoms with van der Waals surface area (Å²) in [6.45, 7) is 2.25. The summed E-state index contributed by atoms with van der Waals surface area (Å²) in [4.78, 5) is 2.42. The summed E-state index contributed by atoms with van der Waals surface area (Å²) in [5.74, 6) is 0. The monoisotopic (exact) mass is 791 g/mol. The van der Waals surface area contributed by atoms with Gasteiger partial charge in [0.25, 0.3) is 0 Å². The van der Waals surface area contributed by atoms with Gasteiger partial charge in [-0.1, -0.05) is 170 Å². The Labute approximate surface area is 361 Å². The molecule has 0 radical (unpaired) electrons. The van der Waals surface area contributed by atoms with Crippen LogP contribution < -0.4 is 4.90 Å². The van der Waals surface area contributed by atoms with Crippen molar-refractivity contribution in [3.63, 3.8) is 0 Å². The molecule has 0 aliphatic heterocycles. The summed E-state index contributed by atoms with van der Waals surface area (Å²) in [7, 11) is 0. The summed E-state index contributed by atoms with van der Waals surface area (Å²) in [5, 5.41) is 4.66. The second-order valence-electron chi connectivity index (χ2n) is 16.5. The van der Waals surface area contributed by atoms with Gasteiger partial charge in [0, 0.05) is 27.8 Å². The Morgan fingerprint density at radius 1 is 0.371 bits per heavy atom. The fourth-order valence-electron chi connectivity index (χ4n) is 10.3. The molecule has 0 saturated carbocycles. The number of aryl methyl sites for hydroxylation is 1. The van der Waals surface area contributed by atoms with E-state index in [1.165, 1.54) is 72.0 Å². The molecule has 10 aromatic carbocycles. The number of hydrogen-bond donors (Lipinski definition) is 0. The molecule has 0 unspecified atom stereocenters. The minimum absolute atomic E-state index is 0.528. The summed E-state index contributed by atoms with van der Waals surface area (Å²) < 4.78 is 6.36. The van der Waals surface area contributed by atoms with Crippen molar-refractivity contribution >= 4 is 49.8 Å². The van der Waals surface area contributed by atoms with Gasteiger partial charge in [-0.05, 0) is 140 Å². The average molecular weight is 792 g/mol. The van der Waals surface area contributed by atoms with Crippen LogP contribution in [0.4, 0.5) is 17.1 Å². The highest BCUT2D eigenvalue weighted by molar-refractivity contribution is 6.07. The number of rotatable bonds is 7. The summed E-state index contributed by atoms with van der Waals surface area (Å²) in [6.07, 6.45) is 0. The number of anilines is 3. The van der Waals surface area contributed by atoms with Gasteiger partial charge in [0.1, 0.15) is 11.2 Å². The van der Waals surface area contributed by atoms with Crippen LogP contribution in [0.3, 0.4) is 0 Å². The second-order valence-corrected chi connectivity index (χ2v) is 16.5. The average Bonchev–Trinajstić information content (AvgIpc) is 3.86. The van der Waals surface area contributed by atoms with Crippen molar-refractivity contribution < 1.29 is 4.42 Å². The van der Waals surface area contributed by atoms with Crippen molar-refractivity contribution in [2.45, 2.75) is 12.3 Å². The molecule has 62 heavy (non-hydrogen) atoms. The molecule has 1 aromatic heterocycles. The summed E-state index contributed by atoms with van der Waals surface area (Å²) >= 11 is 0. The van der Waals surface area contributed by atoms with Gasteiger partial charge in [0.15, 0.2) is 0 Å². The van der Waals surface area contributed by atoms with E-state index in [1.807, 2.05) is 6.07 Å². The minimum Gasteiger partial charge on any atom is -0.456 e. The molecule has 0 spiro atoms. The predicted octanol–water partition coefficient (Wildman–Crippen LogP) is 16.2. The third-order valence-electron chi connectivity index (χ3n) is 13.1. The van der Waals surface area contributed by atoms with Gasteiger partial charge in [0.2, 0.25) is 0 Å². The van der Waals surface area contributed by atoms with E-state index < -0.39 is 5.41 Å². The van der Waals surface area contributed by atoms with Gasteiger partial charge in [0.05, 0.1) is 5.41 Å². The van der Waals surface area contributed by atoms with Crippen molar-refractivity contribution in [2.75, 3.05) is 4.90 Å². The highest BCUT2D eigenvalue weighted by atomic mass is 16.3. The lowest BCUT2D eigenvalue weighted by Crippen LogP contribution is -2.28. The smallest absolute Gasteiger partial charge is 0.135 e. The zero-order valence-electron chi connectivity index (χ0n) is 34.3. The molecule has 0 bridgehead atoms. The molecule has 0 amide bonds. The van der Waals surface area contributed by atoms with Crippen LogP contribution in [-0.4, -0.2) is 0 Å². The number of benzene rings is 10. The van der Waals surface area contributed by atoms with Crippen LogP contribution in [0.15, 0.2) is 235 Å². The van der Waals surface area contributed by atoms with E-state index in [9.17, 15) is 0 Å². The Hall–Kier alpha value is -7.94. The normalized spacial score (nSPS) is 12.7. The standard InChI is InChI=1S/C60H41NO/c1-40-16-15-26-55-59(40)51-34-32-49(39-56(51)60(55,45-21-7-3-8-22-45)46-23-9-4-10-24-46)61(48-33-35-58-54(38-48)50-25-13-14-27-57(50)62-58)47-30-28-42(29-31-47)53-37-44-20-12-11-19-43(44)36-52(53)41-17-5-2-6-18-41/h2-39H,1H3. The SMILES string of the molecule is Cc1cccc2c1-c1ccc(N(c3ccc(-c4cc5ccccc5cc4-c4ccccc4)cc3)c3ccc4oc5ccccc5c4c3)cc1C2(c1ccccc1)c1ccccc1. The fourth-order valence-corrected chi connectivity index (χ4v) is 10.3. The highest BCUT2D eigenvalue weighted by Crippen LogP contribution is 2.58. The largest absolute Gasteiger partial charge is 0.456 e. The molecule has 2 heteroatoms. The molecule has 0 N–H and O–H groups in total. The molecule has 1 aliphatic carbocycles. The highest BCUT2D eigenvalue weighted by Gasteiger charge is 2.46. The fraction of sp³-hybridized carbons (Fsp3) is 0.0333. The molecule has 292 valence electrons. The van der Waals surface area contributed by atoms with E-state index in [0.29, 0.717) is 0 Å². The van der Waals surface area contributed by atoms with E-state index in [2.05, 4.69) is 236 Å². The van der Waals surface area contributed by atoms with E-state index in [-0.39, 0.29) is 0 Å². The maximum atomic E-state index is 6.36. The van der Waals surface area contributed by atoms with Gasteiger partial charge < -0.3 is 9.32 Å². The Morgan fingerprint density at radius 3 is 1.61 bits per heavy atom. The van der Waals surface area contributed by atoms with Crippen LogP contribution in [0.5, 0.6) is 0 Å². The number of fused-ring (bicyclic) bond motifs is 7. The van der Waals surface area contributed by atoms with Crippen LogP contribution >= 0.6 is 0 Å². The van der Waals surface area contributed by atoms with Crippen LogP contribution in [0.1, 0.15) is 27.8 Å². The number of hydrogen-bond acceptors (Lipinski definition) is 2. The lowest BCUT2D eigenvalue weighted by molar-refractivity contribution is 0.669. The Balaban J connectivity index is 1.09. The first kappa shape index (κ1) is 36.0. The van der Waals surface area contributed by atoms with Gasteiger partial charge in [-0.25, -0.2) is 0 Å². The lowest BCUT2D eigenvalue weighted by Gasteiger charge is -2.35. The zero-order chi connectivity index (χ0) is 41.2. The molecule has 0 fully saturated rings. The number of nitrogens with zero attached hydrogens (tertiary/aromatic N) is 1. The van der Waals surface area contributed by atoms with Gasteiger partial charge in [-0.3, -0.25) is 0 Å². The third-order valence-corrected chi connectivity index (χ3v) is 13.1. The van der Waals surface area contributed by atoms with Crippen LogP contribution in [0.2, 0.25) is 0 Å². The van der Waals surface area contributed by atoms with Crippen LogP contribution in [0, 0.1) is 6.92 Å². The van der Waals surface area contributed by atoms with Crippen molar-refractivity contribution in [1.29, 1.82) is 0 Å². The molecular weight excluding hydrogens is 751 g/mol. The lowest BCUT2D eigenvalue weighted by atomic mass is 9.67. The van der Waals surface area contributed by atoms with Gasteiger partial charge in [-0.15, -0.1) is 0 Å². The van der Waals surface area contributed by atoms with Gasteiger partial charge in [-0.2, -0.15) is 0 Å². The molecule has 11 aromatic rings. The molecule has 0 saturated heterocycles. The van der Waals surface area contributed by atoms with Crippen LogP contribution in [-0.2, 0) is 5.41 Å².